The van der Waals surface area contributed by atoms with Gasteiger partial charge in [0, 0.05) is 44.5 Å². The molecule has 0 saturated heterocycles. The van der Waals surface area contributed by atoms with Crippen molar-refractivity contribution in [3.8, 4) is 0 Å². The average Bonchev–Trinajstić information content (AvgIpc) is 2.94. The normalized spacial score (nSPS) is 14.5. The lowest BCUT2D eigenvalue weighted by Crippen LogP contribution is -2.34. The molecular weight excluding hydrogens is 252 g/mol. The minimum Gasteiger partial charge on any atom is -0.373 e. The molecule has 106 valence electrons. The van der Waals surface area contributed by atoms with Crippen molar-refractivity contribution in [2.24, 2.45) is 0 Å². The van der Waals surface area contributed by atoms with Crippen LogP contribution in [-0.4, -0.2) is 33.1 Å². The van der Waals surface area contributed by atoms with Gasteiger partial charge in [0.2, 0.25) is 0 Å². The highest BCUT2D eigenvalue weighted by Crippen LogP contribution is 2.23. The number of rotatable bonds is 3. The van der Waals surface area contributed by atoms with E-state index in [1.807, 2.05) is 25.5 Å². The molecular formula is C14H20N6. The van der Waals surface area contributed by atoms with E-state index >= 15 is 0 Å². The van der Waals surface area contributed by atoms with Crippen molar-refractivity contribution >= 4 is 11.6 Å². The molecule has 0 fully saturated rings. The summed E-state index contributed by atoms with van der Waals surface area (Å²) in [7, 11) is 1.89. The number of nitrogens with zero attached hydrogens (tertiary/aromatic N) is 5. The molecule has 3 heterocycles. The molecule has 0 bridgehead atoms. The Morgan fingerprint density at radius 2 is 2.10 bits per heavy atom. The number of nitrogens with one attached hydrogen (secondary N) is 1. The van der Waals surface area contributed by atoms with E-state index in [2.05, 4.69) is 38.6 Å². The van der Waals surface area contributed by atoms with Crippen LogP contribution >= 0.6 is 0 Å². The van der Waals surface area contributed by atoms with E-state index in [4.69, 9.17) is 4.98 Å². The SMILES string of the molecule is CNc1cc(N2CCn3ccnc3C2)nc(C(C)C)n1. The summed E-state index contributed by atoms with van der Waals surface area (Å²) >= 11 is 0. The van der Waals surface area contributed by atoms with Gasteiger partial charge in [-0.3, -0.25) is 0 Å². The Morgan fingerprint density at radius 1 is 1.25 bits per heavy atom. The maximum Gasteiger partial charge on any atom is 0.135 e. The van der Waals surface area contributed by atoms with E-state index in [-0.39, 0.29) is 0 Å². The lowest BCUT2D eigenvalue weighted by Gasteiger charge is -2.29. The van der Waals surface area contributed by atoms with Crippen LogP contribution in [0.2, 0.25) is 0 Å². The van der Waals surface area contributed by atoms with Crippen LogP contribution in [0.25, 0.3) is 0 Å². The van der Waals surface area contributed by atoms with Gasteiger partial charge in [-0.2, -0.15) is 0 Å². The Balaban J connectivity index is 1.92. The molecule has 3 rings (SSSR count). The van der Waals surface area contributed by atoms with Gasteiger partial charge in [-0.25, -0.2) is 15.0 Å². The van der Waals surface area contributed by atoms with Gasteiger partial charge in [-0.15, -0.1) is 0 Å². The summed E-state index contributed by atoms with van der Waals surface area (Å²) in [5, 5.41) is 3.12. The minimum atomic E-state index is 0.314. The third-order valence-corrected chi connectivity index (χ3v) is 3.57. The van der Waals surface area contributed by atoms with Gasteiger partial charge in [0.05, 0.1) is 6.54 Å². The second kappa shape index (κ2) is 5.11. The molecule has 0 amide bonds. The minimum absolute atomic E-state index is 0.314. The number of anilines is 2. The van der Waals surface area contributed by atoms with Crippen LogP contribution in [0, 0.1) is 0 Å². The van der Waals surface area contributed by atoms with Crippen LogP contribution in [0.15, 0.2) is 18.5 Å². The Bertz CT molecular complexity index is 603. The summed E-state index contributed by atoms with van der Waals surface area (Å²) in [6.45, 7) is 6.92. The van der Waals surface area contributed by atoms with Crippen LogP contribution in [0.5, 0.6) is 0 Å². The van der Waals surface area contributed by atoms with E-state index in [0.29, 0.717) is 5.92 Å². The lowest BCUT2D eigenvalue weighted by molar-refractivity contribution is 0.554. The first kappa shape index (κ1) is 12.9. The first-order valence-corrected chi connectivity index (χ1v) is 6.99. The third kappa shape index (κ3) is 2.33. The van der Waals surface area contributed by atoms with Crippen molar-refractivity contribution < 1.29 is 0 Å². The molecule has 0 radical (unpaired) electrons. The van der Waals surface area contributed by atoms with Gasteiger partial charge < -0.3 is 14.8 Å². The fraction of sp³-hybridized carbons (Fsp3) is 0.500. The largest absolute Gasteiger partial charge is 0.373 e. The molecule has 2 aromatic heterocycles. The maximum absolute atomic E-state index is 4.70. The van der Waals surface area contributed by atoms with Crippen LogP contribution < -0.4 is 10.2 Å². The zero-order valence-electron chi connectivity index (χ0n) is 12.2. The number of hydrogen-bond donors (Lipinski definition) is 1. The zero-order valence-corrected chi connectivity index (χ0v) is 12.2. The predicted molar refractivity (Wildman–Crippen MR) is 78.9 cm³/mol. The van der Waals surface area contributed by atoms with E-state index in [1.54, 1.807) is 0 Å². The van der Waals surface area contributed by atoms with E-state index in [0.717, 1.165) is 42.9 Å². The van der Waals surface area contributed by atoms with Crippen molar-refractivity contribution in [2.45, 2.75) is 32.9 Å². The van der Waals surface area contributed by atoms with E-state index < -0.39 is 0 Å². The molecule has 1 aliphatic heterocycles. The molecule has 1 N–H and O–H groups in total. The summed E-state index contributed by atoms with van der Waals surface area (Å²) in [6.07, 6.45) is 3.89. The second-order valence-corrected chi connectivity index (χ2v) is 5.33. The molecule has 6 nitrogen and oxygen atoms in total. The van der Waals surface area contributed by atoms with E-state index in [1.165, 1.54) is 0 Å². The Morgan fingerprint density at radius 3 is 2.85 bits per heavy atom. The van der Waals surface area contributed by atoms with Crippen LogP contribution in [-0.2, 0) is 13.1 Å². The van der Waals surface area contributed by atoms with Gasteiger partial charge in [0.15, 0.2) is 0 Å². The molecule has 6 heteroatoms. The van der Waals surface area contributed by atoms with Crippen molar-refractivity contribution in [2.75, 3.05) is 23.8 Å². The molecule has 20 heavy (non-hydrogen) atoms. The van der Waals surface area contributed by atoms with Crippen LogP contribution in [0.1, 0.15) is 31.4 Å². The van der Waals surface area contributed by atoms with Crippen LogP contribution in [0.3, 0.4) is 0 Å². The molecule has 1 aliphatic rings. The van der Waals surface area contributed by atoms with Crippen molar-refractivity contribution in [3.05, 3.63) is 30.1 Å². The van der Waals surface area contributed by atoms with Gasteiger partial charge >= 0.3 is 0 Å². The molecule has 0 spiro atoms. The summed E-state index contributed by atoms with van der Waals surface area (Å²) in [5.41, 5.74) is 0. The fourth-order valence-corrected chi connectivity index (χ4v) is 2.37. The summed E-state index contributed by atoms with van der Waals surface area (Å²) < 4.78 is 2.19. The van der Waals surface area contributed by atoms with Gasteiger partial charge in [0.1, 0.15) is 23.3 Å². The van der Waals surface area contributed by atoms with Crippen molar-refractivity contribution in [3.63, 3.8) is 0 Å². The quantitative estimate of drug-likeness (QED) is 0.924. The highest BCUT2D eigenvalue weighted by atomic mass is 15.3. The predicted octanol–water partition coefficient (Wildman–Crippen LogP) is 1.86. The molecule has 2 aromatic rings. The van der Waals surface area contributed by atoms with Crippen LogP contribution in [0.4, 0.5) is 11.6 Å². The highest BCUT2D eigenvalue weighted by Gasteiger charge is 2.19. The summed E-state index contributed by atoms with van der Waals surface area (Å²) in [6, 6.07) is 2.00. The average molecular weight is 272 g/mol. The topological polar surface area (TPSA) is 58.9 Å². The lowest BCUT2D eigenvalue weighted by atomic mass is 10.2. The smallest absolute Gasteiger partial charge is 0.135 e. The molecule has 0 aromatic carbocycles. The number of hydrogen-bond acceptors (Lipinski definition) is 5. The Labute approximate surface area is 118 Å². The van der Waals surface area contributed by atoms with Gasteiger partial charge in [-0.1, -0.05) is 13.8 Å². The Hall–Kier alpha value is -2.11. The zero-order chi connectivity index (χ0) is 14.1. The second-order valence-electron chi connectivity index (χ2n) is 5.33. The van der Waals surface area contributed by atoms with Crippen molar-refractivity contribution in [1.82, 2.24) is 19.5 Å². The first-order valence-electron chi connectivity index (χ1n) is 6.99. The molecule has 0 atom stereocenters. The molecule has 0 saturated carbocycles. The molecule has 0 aliphatic carbocycles. The van der Waals surface area contributed by atoms with Gasteiger partial charge in [-0.05, 0) is 0 Å². The Kier molecular flexibility index (Phi) is 3.30. The first-order chi connectivity index (χ1) is 9.67. The maximum atomic E-state index is 4.70. The summed E-state index contributed by atoms with van der Waals surface area (Å²) in [5.74, 6) is 4.12. The number of fused-ring (bicyclic) bond motifs is 1. The fourth-order valence-electron chi connectivity index (χ4n) is 2.37. The molecule has 0 unspecified atom stereocenters. The van der Waals surface area contributed by atoms with Crippen molar-refractivity contribution in [1.29, 1.82) is 0 Å². The van der Waals surface area contributed by atoms with E-state index in [9.17, 15) is 0 Å². The highest BCUT2D eigenvalue weighted by molar-refractivity contribution is 5.49. The van der Waals surface area contributed by atoms with Gasteiger partial charge in [0.25, 0.3) is 0 Å². The third-order valence-electron chi connectivity index (χ3n) is 3.57. The number of imidazole rings is 1. The monoisotopic (exact) mass is 272 g/mol. The standard InChI is InChI=1S/C14H20N6/c1-10(2)14-17-11(15-3)8-12(18-14)20-7-6-19-5-4-16-13(19)9-20/h4-5,8,10H,6-7,9H2,1-3H3,(H,15,17,18). The number of aromatic nitrogens is 4. The summed E-state index contributed by atoms with van der Waals surface area (Å²) in [4.78, 5) is 15.9.